The summed E-state index contributed by atoms with van der Waals surface area (Å²) >= 11 is 0. The zero-order chi connectivity index (χ0) is 20.8. The van der Waals surface area contributed by atoms with E-state index in [-0.39, 0.29) is 0 Å². The van der Waals surface area contributed by atoms with Crippen LogP contribution in [-0.2, 0) is 4.74 Å². The molecule has 0 saturated carbocycles. The van der Waals surface area contributed by atoms with E-state index < -0.39 is 0 Å². The van der Waals surface area contributed by atoms with Gasteiger partial charge in [0.1, 0.15) is 18.0 Å². The van der Waals surface area contributed by atoms with E-state index in [0.29, 0.717) is 5.92 Å². The number of likely N-dealkylation sites (N-methyl/N-ethyl adjacent to an activating group) is 1. The lowest BCUT2D eigenvalue weighted by molar-refractivity contribution is 0.122. The maximum Gasteiger partial charge on any atom is 0.135 e. The van der Waals surface area contributed by atoms with Crippen LogP contribution >= 0.6 is 0 Å². The standard InChI is InChI=1S/C23H34N6O/c1-24-16-20-4-3-18(19-7-9-28(2)10-8-19)5-6-21(20)27-22-15-23(26-17-25-22)29-11-13-30-14-12-29/h3-4,6,15,17,19,24H,5,7-14,16H2,1-2H3,(H,25,26,27). The van der Waals surface area contributed by atoms with Crippen molar-refractivity contribution in [2.45, 2.75) is 19.3 Å². The van der Waals surface area contributed by atoms with Gasteiger partial charge in [0.05, 0.1) is 13.2 Å². The number of aromatic nitrogens is 2. The van der Waals surface area contributed by atoms with Crippen LogP contribution in [0, 0.1) is 5.92 Å². The van der Waals surface area contributed by atoms with Crippen LogP contribution in [0.5, 0.6) is 0 Å². The molecule has 0 bridgehead atoms. The van der Waals surface area contributed by atoms with Crippen molar-refractivity contribution in [2.75, 3.05) is 70.2 Å². The first-order valence-electron chi connectivity index (χ1n) is 11.1. The zero-order valence-corrected chi connectivity index (χ0v) is 18.2. The largest absolute Gasteiger partial charge is 0.378 e. The molecule has 2 saturated heterocycles. The summed E-state index contributed by atoms with van der Waals surface area (Å²) in [5.74, 6) is 2.48. The molecule has 2 fully saturated rings. The van der Waals surface area contributed by atoms with E-state index in [2.05, 4.69) is 55.7 Å². The predicted molar refractivity (Wildman–Crippen MR) is 122 cm³/mol. The average molecular weight is 411 g/mol. The Morgan fingerprint density at radius 3 is 2.67 bits per heavy atom. The van der Waals surface area contributed by atoms with E-state index in [4.69, 9.17) is 4.74 Å². The van der Waals surface area contributed by atoms with Crippen LogP contribution in [0.3, 0.4) is 0 Å². The lowest BCUT2D eigenvalue weighted by Crippen LogP contribution is -2.36. The van der Waals surface area contributed by atoms with E-state index in [1.54, 1.807) is 11.9 Å². The third kappa shape index (κ3) is 5.28. The summed E-state index contributed by atoms with van der Waals surface area (Å²) < 4.78 is 5.46. The summed E-state index contributed by atoms with van der Waals surface area (Å²) in [6.07, 6.45) is 12.1. The summed E-state index contributed by atoms with van der Waals surface area (Å²) in [7, 11) is 4.21. The SMILES string of the molecule is CNCC1=CC=C(C2CCN(C)CC2)CC=C1Nc1cc(N2CCOCC2)ncn1. The van der Waals surface area contributed by atoms with E-state index in [9.17, 15) is 0 Å². The lowest BCUT2D eigenvalue weighted by atomic mass is 9.87. The van der Waals surface area contributed by atoms with Crippen molar-refractivity contribution in [3.8, 4) is 0 Å². The lowest BCUT2D eigenvalue weighted by Gasteiger charge is -2.30. The summed E-state index contributed by atoms with van der Waals surface area (Å²) in [6.45, 7) is 6.43. The Kier molecular flexibility index (Phi) is 7.15. The molecule has 0 unspecified atom stereocenters. The van der Waals surface area contributed by atoms with Gasteiger partial charge in [-0.3, -0.25) is 0 Å². The number of hydrogen-bond donors (Lipinski definition) is 2. The molecule has 162 valence electrons. The Hall–Kier alpha value is -2.22. The van der Waals surface area contributed by atoms with Gasteiger partial charge in [-0.05, 0) is 57.9 Å². The third-order valence-electron chi connectivity index (χ3n) is 6.25. The number of piperidine rings is 1. The van der Waals surface area contributed by atoms with Crippen LogP contribution in [-0.4, -0.2) is 74.9 Å². The van der Waals surface area contributed by atoms with E-state index >= 15 is 0 Å². The number of likely N-dealkylation sites (tertiary alicyclic amines) is 1. The van der Waals surface area contributed by atoms with Crippen molar-refractivity contribution in [3.05, 3.63) is 47.5 Å². The van der Waals surface area contributed by atoms with Crippen LogP contribution < -0.4 is 15.5 Å². The molecule has 1 aliphatic carbocycles. The van der Waals surface area contributed by atoms with Gasteiger partial charge in [0.2, 0.25) is 0 Å². The first-order valence-corrected chi connectivity index (χ1v) is 11.1. The number of nitrogens with one attached hydrogen (secondary N) is 2. The molecule has 7 heteroatoms. The van der Waals surface area contributed by atoms with E-state index in [1.165, 1.54) is 31.5 Å². The van der Waals surface area contributed by atoms with Crippen molar-refractivity contribution >= 4 is 11.6 Å². The predicted octanol–water partition coefficient (Wildman–Crippen LogP) is 2.43. The van der Waals surface area contributed by atoms with Crippen molar-refractivity contribution in [1.29, 1.82) is 0 Å². The second kappa shape index (κ2) is 10.2. The molecule has 3 aliphatic rings. The number of allylic oxidation sites excluding steroid dienone is 4. The molecule has 1 aromatic rings. The Balaban J connectivity index is 1.49. The van der Waals surface area contributed by atoms with Crippen molar-refractivity contribution in [1.82, 2.24) is 20.2 Å². The number of nitrogens with zero attached hydrogens (tertiary/aromatic N) is 4. The molecule has 2 N–H and O–H groups in total. The smallest absolute Gasteiger partial charge is 0.135 e. The van der Waals surface area contributed by atoms with Crippen molar-refractivity contribution in [2.24, 2.45) is 5.92 Å². The fraction of sp³-hybridized carbons (Fsp3) is 0.565. The van der Waals surface area contributed by atoms with Gasteiger partial charge >= 0.3 is 0 Å². The van der Waals surface area contributed by atoms with Gasteiger partial charge in [-0.2, -0.15) is 0 Å². The minimum atomic E-state index is 0.691. The minimum absolute atomic E-state index is 0.691. The number of ether oxygens (including phenoxy) is 1. The van der Waals surface area contributed by atoms with E-state index in [0.717, 1.165) is 56.6 Å². The van der Waals surface area contributed by atoms with Gasteiger partial charge in [0.25, 0.3) is 0 Å². The van der Waals surface area contributed by atoms with Gasteiger partial charge in [0, 0.05) is 31.4 Å². The van der Waals surface area contributed by atoms with Gasteiger partial charge in [-0.15, -0.1) is 0 Å². The Morgan fingerprint density at radius 1 is 1.10 bits per heavy atom. The fourth-order valence-corrected chi connectivity index (χ4v) is 4.39. The molecule has 2 aliphatic heterocycles. The first-order chi connectivity index (χ1) is 14.7. The molecular formula is C23H34N6O. The maximum absolute atomic E-state index is 5.46. The maximum atomic E-state index is 5.46. The molecule has 1 aromatic heterocycles. The normalized spacial score (nSPS) is 21.5. The summed E-state index contributed by atoms with van der Waals surface area (Å²) in [6, 6.07) is 2.04. The molecule has 3 heterocycles. The Bertz CT molecular complexity index is 804. The summed E-state index contributed by atoms with van der Waals surface area (Å²) in [5, 5.41) is 6.87. The highest BCUT2D eigenvalue weighted by Gasteiger charge is 2.21. The van der Waals surface area contributed by atoms with Crippen LogP contribution in [0.15, 0.2) is 47.5 Å². The highest BCUT2D eigenvalue weighted by molar-refractivity contribution is 5.56. The van der Waals surface area contributed by atoms with Crippen LogP contribution in [0.2, 0.25) is 0 Å². The molecule has 0 aromatic carbocycles. The molecule has 0 spiro atoms. The number of morpholine rings is 1. The van der Waals surface area contributed by atoms with Crippen LogP contribution in [0.25, 0.3) is 0 Å². The van der Waals surface area contributed by atoms with Gasteiger partial charge < -0.3 is 25.2 Å². The fourth-order valence-electron chi connectivity index (χ4n) is 4.39. The minimum Gasteiger partial charge on any atom is -0.378 e. The number of rotatable bonds is 6. The first kappa shape index (κ1) is 21.0. The highest BCUT2D eigenvalue weighted by Crippen LogP contribution is 2.30. The summed E-state index contributed by atoms with van der Waals surface area (Å²) in [4.78, 5) is 13.6. The molecule has 30 heavy (non-hydrogen) atoms. The van der Waals surface area contributed by atoms with Crippen molar-refractivity contribution < 1.29 is 4.74 Å². The molecule has 4 rings (SSSR count). The molecule has 7 nitrogen and oxygen atoms in total. The van der Waals surface area contributed by atoms with Gasteiger partial charge in [-0.25, -0.2) is 9.97 Å². The zero-order valence-electron chi connectivity index (χ0n) is 18.2. The Labute approximate surface area is 179 Å². The number of anilines is 2. The number of hydrogen-bond acceptors (Lipinski definition) is 7. The quantitative estimate of drug-likeness (QED) is 0.747. The molecular weight excluding hydrogens is 376 g/mol. The van der Waals surface area contributed by atoms with Gasteiger partial charge in [0.15, 0.2) is 0 Å². The van der Waals surface area contributed by atoms with Crippen LogP contribution in [0.4, 0.5) is 11.6 Å². The Morgan fingerprint density at radius 2 is 1.90 bits per heavy atom. The van der Waals surface area contributed by atoms with Gasteiger partial charge in [-0.1, -0.05) is 23.8 Å². The highest BCUT2D eigenvalue weighted by atomic mass is 16.5. The average Bonchev–Trinajstić information content (AvgIpc) is 2.98. The monoisotopic (exact) mass is 410 g/mol. The van der Waals surface area contributed by atoms with Crippen LogP contribution in [0.1, 0.15) is 19.3 Å². The topological polar surface area (TPSA) is 65.5 Å². The van der Waals surface area contributed by atoms with Crippen molar-refractivity contribution in [3.63, 3.8) is 0 Å². The molecule has 0 atom stereocenters. The van der Waals surface area contributed by atoms with E-state index in [1.807, 2.05) is 13.1 Å². The second-order valence-corrected chi connectivity index (χ2v) is 8.35. The molecule has 0 amide bonds. The second-order valence-electron chi connectivity index (χ2n) is 8.35. The summed E-state index contributed by atoms with van der Waals surface area (Å²) in [5.41, 5.74) is 3.94. The third-order valence-corrected chi connectivity index (χ3v) is 6.25. The molecule has 0 radical (unpaired) electrons.